The molecule has 1 aromatic rings. The van der Waals surface area contributed by atoms with Gasteiger partial charge in [0.2, 0.25) is 0 Å². The Kier molecular flexibility index (Phi) is 5.62. The van der Waals surface area contributed by atoms with E-state index in [2.05, 4.69) is 27.8 Å². The van der Waals surface area contributed by atoms with E-state index in [0.717, 1.165) is 12.5 Å². The zero-order valence-corrected chi connectivity index (χ0v) is 12.5. The summed E-state index contributed by atoms with van der Waals surface area (Å²) >= 11 is 3.08. The number of alkyl halides is 3. The molecule has 0 aliphatic rings. The first-order chi connectivity index (χ1) is 8.77. The van der Waals surface area contributed by atoms with E-state index in [-0.39, 0.29) is 5.56 Å². The van der Waals surface area contributed by atoms with Crippen molar-refractivity contribution in [1.29, 1.82) is 0 Å². The fraction of sp³-hybridized carbons (Fsp3) is 0.429. The number of hydrogen-bond acceptors (Lipinski definition) is 1. The molecule has 0 saturated heterocycles. The molecule has 0 spiro atoms. The van der Waals surface area contributed by atoms with Gasteiger partial charge in [-0.1, -0.05) is 41.1 Å². The van der Waals surface area contributed by atoms with Crippen LogP contribution in [0.3, 0.4) is 0 Å². The minimum absolute atomic E-state index is 0.219. The van der Waals surface area contributed by atoms with E-state index >= 15 is 0 Å². The van der Waals surface area contributed by atoms with Gasteiger partial charge in [0.05, 0.1) is 11.6 Å². The number of benzene rings is 1. The third-order valence-electron chi connectivity index (χ3n) is 2.72. The van der Waals surface area contributed by atoms with Crippen LogP contribution in [0.15, 0.2) is 34.8 Å². The molecule has 0 aromatic heterocycles. The molecular formula is C14H17BrF3N. The maximum Gasteiger partial charge on any atom is 0.416 e. The van der Waals surface area contributed by atoms with Gasteiger partial charge >= 0.3 is 6.18 Å². The summed E-state index contributed by atoms with van der Waals surface area (Å²) in [5, 5.41) is 3.10. The van der Waals surface area contributed by atoms with Gasteiger partial charge in [0.25, 0.3) is 0 Å². The van der Waals surface area contributed by atoms with Crippen molar-refractivity contribution in [2.24, 2.45) is 0 Å². The molecule has 1 N–H and O–H groups in total. The Bertz CT molecular complexity index is 454. The average Bonchev–Trinajstić information content (AvgIpc) is 2.29. The first-order valence-corrected chi connectivity index (χ1v) is 6.82. The summed E-state index contributed by atoms with van der Waals surface area (Å²) in [7, 11) is 0. The summed E-state index contributed by atoms with van der Waals surface area (Å²) in [4.78, 5) is 0. The van der Waals surface area contributed by atoms with E-state index in [1.807, 2.05) is 6.92 Å². The second-order valence-corrected chi connectivity index (χ2v) is 5.38. The van der Waals surface area contributed by atoms with Gasteiger partial charge in [-0.15, -0.1) is 0 Å². The maximum absolute atomic E-state index is 13.1. The molecule has 106 valence electrons. The first-order valence-electron chi connectivity index (χ1n) is 6.02. The quantitative estimate of drug-likeness (QED) is 0.739. The van der Waals surface area contributed by atoms with Crippen molar-refractivity contribution in [3.8, 4) is 0 Å². The zero-order chi connectivity index (χ0) is 14.6. The summed E-state index contributed by atoms with van der Waals surface area (Å²) in [5.41, 5.74) is 0.261. The van der Waals surface area contributed by atoms with Crippen LogP contribution in [0.2, 0.25) is 0 Å². The van der Waals surface area contributed by atoms with Crippen molar-refractivity contribution in [2.75, 3.05) is 6.54 Å². The highest BCUT2D eigenvalue weighted by molar-refractivity contribution is 9.10. The van der Waals surface area contributed by atoms with E-state index in [0.29, 0.717) is 16.6 Å². The van der Waals surface area contributed by atoms with Crippen molar-refractivity contribution < 1.29 is 13.2 Å². The van der Waals surface area contributed by atoms with Crippen LogP contribution in [-0.2, 0) is 6.18 Å². The average molecular weight is 336 g/mol. The van der Waals surface area contributed by atoms with Crippen molar-refractivity contribution in [3.63, 3.8) is 0 Å². The second kappa shape index (κ2) is 6.57. The standard InChI is InChI=1S/C14H17BrF3N/c1-4-7-19-13(9(2)3)11-6-5-10(15)8-12(11)14(16,17)18/h5-6,8,13,19H,2,4,7H2,1,3H3. The molecular weight excluding hydrogens is 319 g/mol. The maximum atomic E-state index is 13.1. The number of rotatable bonds is 5. The largest absolute Gasteiger partial charge is 0.416 e. The molecule has 1 aromatic carbocycles. The number of halogens is 4. The molecule has 5 heteroatoms. The predicted octanol–water partition coefficient (Wildman–Crippen LogP) is 5.08. The molecule has 0 fully saturated rings. The molecule has 0 bridgehead atoms. The van der Waals surface area contributed by atoms with Gasteiger partial charge in [0.1, 0.15) is 0 Å². The number of nitrogens with one attached hydrogen (secondary N) is 1. The zero-order valence-electron chi connectivity index (χ0n) is 10.9. The molecule has 1 rings (SSSR count). The highest BCUT2D eigenvalue weighted by Crippen LogP contribution is 2.37. The van der Waals surface area contributed by atoms with Crippen LogP contribution in [0, 0.1) is 0 Å². The monoisotopic (exact) mass is 335 g/mol. The third kappa shape index (κ3) is 4.35. The van der Waals surface area contributed by atoms with Crippen molar-refractivity contribution in [2.45, 2.75) is 32.5 Å². The van der Waals surface area contributed by atoms with Gasteiger partial charge in [0.15, 0.2) is 0 Å². The first kappa shape index (κ1) is 16.2. The van der Waals surface area contributed by atoms with E-state index in [4.69, 9.17) is 0 Å². The van der Waals surface area contributed by atoms with Gasteiger partial charge < -0.3 is 5.32 Å². The predicted molar refractivity (Wildman–Crippen MR) is 75.0 cm³/mol. The lowest BCUT2D eigenvalue weighted by atomic mass is 9.95. The summed E-state index contributed by atoms with van der Waals surface area (Å²) < 4.78 is 39.7. The van der Waals surface area contributed by atoms with Crippen molar-refractivity contribution in [3.05, 3.63) is 46.0 Å². The molecule has 0 saturated carbocycles. The van der Waals surface area contributed by atoms with Crippen molar-refractivity contribution >= 4 is 15.9 Å². The lowest BCUT2D eigenvalue weighted by Gasteiger charge is -2.23. The summed E-state index contributed by atoms with van der Waals surface area (Å²) in [6.07, 6.45) is -3.53. The van der Waals surface area contributed by atoms with Gasteiger partial charge in [-0.2, -0.15) is 13.2 Å². The topological polar surface area (TPSA) is 12.0 Å². The molecule has 19 heavy (non-hydrogen) atoms. The van der Waals surface area contributed by atoms with E-state index in [1.165, 1.54) is 6.07 Å². The SMILES string of the molecule is C=C(C)C(NCCC)c1ccc(Br)cc1C(F)(F)F. The van der Waals surface area contributed by atoms with Crippen molar-refractivity contribution in [1.82, 2.24) is 5.32 Å². The second-order valence-electron chi connectivity index (χ2n) is 4.46. The highest BCUT2D eigenvalue weighted by Gasteiger charge is 2.35. The molecule has 0 heterocycles. The summed E-state index contributed by atoms with van der Waals surface area (Å²) in [6, 6.07) is 3.74. The molecule has 0 radical (unpaired) electrons. The van der Waals surface area contributed by atoms with Crippen LogP contribution in [0.25, 0.3) is 0 Å². The Hall–Kier alpha value is -0.810. The van der Waals surface area contributed by atoms with E-state index < -0.39 is 17.8 Å². The fourth-order valence-corrected chi connectivity index (χ4v) is 2.23. The Balaban J connectivity index is 3.26. The Morgan fingerprint density at radius 2 is 2.05 bits per heavy atom. The molecule has 0 amide bonds. The van der Waals surface area contributed by atoms with Crippen LogP contribution >= 0.6 is 15.9 Å². The fourth-order valence-electron chi connectivity index (χ4n) is 1.86. The summed E-state index contributed by atoms with van der Waals surface area (Å²) in [6.45, 7) is 8.13. The Morgan fingerprint density at radius 3 is 2.53 bits per heavy atom. The Labute approximate surface area is 120 Å². The van der Waals surface area contributed by atoms with Gasteiger partial charge in [0, 0.05) is 4.47 Å². The normalized spacial score (nSPS) is 13.4. The molecule has 0 aliphatic carbocycles. The molecule has 0 aliphatic heterocycles. The van der Waals surface area contributed by atoms with Crippen LogP contribution < -0.4 is 5.32 Å². The van der Waals surface area contributed by atoms with E-state index in [1.54, 1.807) is 13.0 Å². The minimum Gasteiger partial charge on any atom is -0.307 e. The smallest absolute Gasteiger partial charge is 0.307 e. The minimum atomic E-state index is -4.37. The lowest BCUT2D eigenvalue weighted by Crippen LogP contribution is -2.25. The van der Waals surface area contributed by atoms with Crippen LogP contribution in [0.1, 0.15) is 37.4 Å². The number of hydrogen-bond donors (Lipinski definition) is 1. The van der Waals surface area contributed by atoms with Gasteiger partial charge in [-0.05, 0) is 37.6 Å². The molecule has 1 unspecified atom stereocenters. The van der Waals surface area contributed by atoms with Gasteiger partial charge in [-0.3, -0.25) is 0 Å². The molecule has 1 nitrogen and oxygen atoms in total. The third-order valence-corrected chi connectivity index (χ3v) is 3.22. The molecule has 1 atom stereocenters. The van der Waals surface area contributed by atoms with Gasteiger partial charge in [-0.25, -0.2) is 0 Å². The highest BCUT2D eigenvalue weighted by atomic mass is 79.9. The summed E-state index contributed by atoms with van der Waals surface area (Å²) in [5.74, 6) is 0. The lowest BCUT2D eigenvalue weighted by molar-refractivity contribution is -0.138. The Morgan fingerprint density at radius 1 is 1.42 bits per heavy atom. The van der Waals surface area contributed by atoms with Crippen LogP contribution in [0.4, 0.5) is 13.2 Å². The van der Waals surface area contributed by atoms with Crippen LogP contribution in [-0.4, -0.2) is 6.54 Å². The van der Waals surface area contributed by atoms with Crippen LogP contribution in [0.5, 0.6) is 0 Å². The van der Waals surface area contributed by atoms with E-state index in [9.17, 15) is 13.2 Å².